The number of aryl methyl sites for hydroxylation is 1. The summed E-state index contributed by atoms with van der Waals surface area (Å²) in [5.74, 6) is -1.44. The average Bonchev–Trinajstić information content (AvgIpc) is 2.95. The van der Waals surface area contributed by atoms with Crippen LogP contribution in [0.4, 0.5) is 13.2 Å². The van der Waals surface area contributed by atoms with Crippen LogP contribution in [0.1, 0.15) is 88.9 Å². The van der Waals surface area contributed by atoms with E-state index in [1.165, 1.54) is 31.7 Å². The summed E-state index contributed by atoms with van der Waals surface area (Å²) in [7, 11) is 0. The number of ether oxygens (including phenoxy) is 1. The Kier molecular flexibility index (Phi) is 10.8. The minimum absolute atomic E-state index is 0.227. The monoisotopic (exact) mass is 534 g/mol. The quantitative estimate of drug-likeness (QED) is 0.166. The summed E-state index contributed by atoms with van der Waals surface area (Å²) in [6.07, 6.45) is 14.3. The third-order valence-electron chi connectivity index (χ3n) is 7.86. The Morgan fingerprint density at radius 1 is 0.769 bits per heavy atom. The molecule has 0 N–H and O–H groups in total. The number of unbranched alkanes of at least 4 members (excludes halogenated alkanes) is 6. The van der Waals surface area contributed by atoms with Gasteiger partial charge in [0.1, 0.15) is 5.82 Å². The highest BCUT2D eigenvalue weighted by atomic mass is 19.2. The first-order valence-electron chi connectivity index (χ1n) is 14.6. The molecule has 208 valence electrons. The van der Waals surface area contributed by atoms with E-state index in [4.69, 9.17) is 4.74 Å². The molecule has 2 atom stereocenters. The van der Waals surface area contributed by atoms with Gasteiger partial charge in [0.05, 0.1) is 12.7 Å². The first kappa shape index (κ1) is 29.1. The van der Waals surface area contributed by atoms with E-state index < -0.39 is 11.6 Å². The lowest BCUT2D eigenvalue weighted by Crippen LogP contribution is -2.20. The molecule has 0 bridgehead atoms. The van der Waals surface area contributed by atoms with E-state index in [1.807, 2.05) is 31.2 Å². The SMILES string of the molecule is C/C=C/C1CCC(c2ccc(-c3ccc(-c4ccc(CCCCCCCCC)c(F)c4F)cc3)cc2F)OC1. The number of hydrogen-bond donors (Lipinski definition) is 0. The molecule has 0 amide bonds. The zero-order valence-electron chi connectivity index (χ0n) is 23.3. The summed E-state index contributed by atoms with van der Waals surface area (Å²) in [6.45, 7) is 4.80. The van der Waals surface area contributed by atoms with Crippen LogP contribution in [-0.2, 0) is 11.2 Å². The standard InChI is InChI=1S/C35H41F3O/c1-3-5-6-7-8-9-10-12-28-18-20-30(35(38)34(28)37)27-16-14-26(15-17-27)29-19-21-31(32(36)23-29)33-22-13-25(11-4-2)24-39-33/h4,11,14-21,23,25,33H,3,5-10,12-13,22,24H2,1-2H3/b11-4+. The van der Waals surface area contributed by atoms with Gasteiger partial charge in [-0.2, -0.15) is 0 Å². The second-order valence-corrected chi connectivity index (χ2v) is 10.8. The molecule has 1 saturated heterocycles. The molecule has 0 aromatic heterocycles. The van der Waals surface area contributed by atoms with E-state index in [1.54, 1.807) is 30.3 Å². The molecule has 1 heterocycles. The summed E-state index contributed by atoms with van der Waals surface area (Å²) in [5, 5.41) is 0. The molecule has 0 spiro atoms. The van der Waals surface area contributed by atoms with Gasteiger partial charge in [-0.05, 0) is 60.9 Å². The summed E-state index contributed by atoms with van der Waals surface area (Å²) in [6, 6.07) is 15.8. The second-order valence-electron chi connectivity index (χ2n) is 10.8. The molecular formula is C35H41F3O. The van der Waals surface area contributed by atoms with Gasteiger partial charge >= 0.3 is 0 Å². The fraction of sp³-hybridized carbons (Fsp3) is 0.429. The Hall–Kier alpha value is -2.85. The van der Waals surface area contributed by atoms with E-state index in [9.17, 15) is 8.78 Å². The zero-order chi connectivity index (χ0) is 27.6. The van der Waals surface area contributed by atoms with Crippen molar-refractivity contribution in [3.05, 3.63) is 95.3 Å². The van der Waals surface area contributed by atoms with Crippen molar-refractivity contribution in [2.24, 2.45) is 5.92 Å². The number of rotatable bonds is 12. The molecule has 0 saturated carbocycles. The van der Waals surface area contributed by atoms with Gasteiger partial charge < -0.3 is 4.74 Å². The van der Waals surface area contributed by atoms with Crippen molar-refractivity contribution in [1.82, 2.24) is 0 Å². The molecule has 0 aliphatic carbocycles. The van der Waals surface area contributed by atoms with Crippen molar-refractivity contribution in [1.29, 1.82) is 0 Å². The first-order valence-corrected chi connectivity index (χ1v) is 14.6. The minimum atomic E-state index is -0.803. The van der Waals surface area contributed by atoms with Crippen molar-refractivity contribution in [2.75, 3.05) is 6.61 Å². The maximum Gasteiger partial charge on any atom is 0.166 e. The Bertz CT molecular complexity index is 1220. The summed E-state index contributed by atoms with van der Waals surface area (Å²) >= 11 is 0. The Labute approximate surface area is 232 Å². The van der Waals surface area contributed by atoms with E-state index in [-0.39, 0.29) is 17.5 Å². The predicted molar refractivity (Wildman–Crippen MR) is 155 cm³/mol. The van der Waals surface area contributed by atoms with Crippen molar-refractivity contribution in [3.63, 3.8) is 0 Å². The van der Waals surface area contributed by atoms with Crippen molar-refractivity contribution in [3.8, 4) is 22.3 Å². The fourth-order valence-electron chi connectivity index (χ4n) is 5.53. The third kappa shape index (κ3) is 7.63. The normalized spacial score (nSPS) is 17.7. The molecule has 1 nitrogen and oxygen atoms in total. The van der Waals surface area contributed by atoms with Crippen molar-refractivity contribution >= 4 is 0 Å². The molecular weight excluding hydrogens is 493 g/mol. The Morgan fingerprint density at radius 2 is 1.46 bits per heavy atom. The molecule has 39 heavy (non-hydrogen) atoms. The summed E-state index contributed by atoms with van der Waals surface area (Å²) < 4.78 is 50.8. The smallest absolute Gasteiger partial charge is 0.166 e. The van der Waals surface area contributed by atoms with Gasteiger partial charge in [0.2, 0.25) is 0 Å². The molecule has 1 aliphatic heterocycles. The van der Waals surface area contributed by atoms with Gasteiger partial charge in [0.15, 0.2) is 11.6 Å². The number of halogens is 3. The number of allylic oxidation sites excluding steroid dienone is 1. The van der Waals surface area contributed by atoms with Crippen LogP contribution in [0, 0.1) is 23.4 Å². The van der Waals surface area contributed by atoms with Crippen LogP contribution in [0.15, 0.2) is 66.7 Å². The van der Waals surface area contributed by atoms with Crippen molar-refractivity contribution in [2.45, 2.75) is 84.2 Å². The lowest BCUT2D eigenvalue weighted by Gasteiger charge is -2.28. The van der Waals surface area contributed by atoms with Crippen LogP contribution in [0.3, 0.4) is 0 Å². The maximum absolute atomic E-state index is 15.0. The third-order valence-corrected chi connectivity index (χ3v) is 7.86. The zero-order valence-corrected chi connectivity index (χ0v) is 23.3. The largest absolute Gasteiger partial charge is 0.373 e. The average molecular weight is 535 g/mol. The van der Waals surface area contributed by atoms with Gasteiger partial charge in [0.25, 0.3) is 0 Å². The predicted octanol–water partition coefficient (Wildman–Crippen LogP) is 10.8. The highest BCUT2D eigenvalue weighted by Gasteiger charge is 2.24. The lowest BCUT2D eigenvalue weighted by atomic mass is 9.92. The van der Waals surface area contributed by atoms with Gasteiger partial charge in [-0.3, -0.25) is 0 Å². The highest BCUT2D eigenvalue weighted by molar-refractivity contribution is 5.71. The van der Waals surface area contributed by atoms with Crippen LogP contribution < -0.4 is 0 Å². The maximum atomic E-state index is 15.0. The number of hydrogen-bond acceptors (Lipinski definition) is 1. The Morgan fingerprint density at radius 3 is 2.13 bits per heavy atom. The van der Waals surface area contributed by atoms with Crippen LogP contribution in [0.25, 0.3) is 22.3 Å². The molecule has 4 heteroatoms. The van der Waals surface area contributed by atoms with Gasteiger partial charge in [-0.25, -0.2) is 13.2 Å². The van der Waals surface area contributed by atoms with Crippen LogP contribution in [-0.4, -0.2) is 6.61 Å². The van der Waals surface area contributed by atoms with E-state index in [0.29, 0.717) is 35.6 Å². The molecule has 1 aliphatic rings. The van der Waals surface area contributed by atoms with Crippen molar-refractivity contribution < 1.29 is 17.9 Å². The minimum Gasteiger partial charge on any atom is -0.373 e. The van der Waals surface area contributed by atoms with Gasteiger partial charge in [-0.1, -0.05) is 106 Å². The van der Waals surface area contributed by atoms with Crippen LogP contribution >= 0.6 is 0 Å². The molecule has 3 aromatic rings. The molecule has 1 fully saturated rings. The van der Waals surface area contributed by atoms with Gasteiger partial charge in [0, 0.05) is 17.0 Å². The van der Waals surface area contributed by atoms with E-state index >= 15 is 4.39 Å². The van der Waals surface area contributed by atoms with E-state index in [0.717, 1.165) is 43.2 Å². The van der Waals surface area contributed by atoms with E-state index in [2.05, 4.69) is 13.0 Å². The van der Waals surface area contributed by atoms with Gasteiger partial charge in [-0.15, -0.1) is 0 Å². The first-order chi connectivity index (χ1) is 19.0. The van der Waals surface area contributed by atoms with Crippen LogP contribution in [0.5, 0.6) is 0 Å². The summed E-state index contributed by atoms with van der Waals surface area (Å²) in [5.41, 5.74) is 3.43. The second kappa shape index (κ2) is 14.5. The fourth-order valence-corrected chi connectivity index (χ4v) is 5.53. The summed E-state index contributed by atoms with van der Waals surface area (Å²) in [4.78, 5) is 0. The highest BCUT2D eigenvalue weighted by Crippen LogP contribution is 2.35. The molecule has 2 unspecified atom stereocenters. The molecule has 3 aromatic carbocycles. The molecule has 0 radical (unpaired) electrons. The number of benzene rings is 3. The topological polar surface area (TPSA) is 9.23 Å². The van der Waals surface area contributed by atoms with Crippen LogP contribution in [0.2, 0.25) is 0 Å². The Balaban J connectivity index is 1.38. The molecule has 4 rings (SSSR count). The lowest BCUT2D eigenvalue weighted by molar-refractivity contribution is -0.00711.